The molecule has 150 valence electrons. The SMILES string of the molecule is COC(=O)c1c(C)cc(N)cc1Cl.COC(=O)c1c(Cl)cc([N+](=O)[O-])cc1Cl. The summed E-state index contributed by atoms with van der Waals surface area (Å²) in [5, 5.41) is 10.5. The van der Waals surface area contributed by atoms with Crippen molar-refractivity contribution in [2.75, 3.05) is 20.0 Å². The number of non-ortho nitro benzene ring substituents is 1. The normalized spacial score (nSPS) is 9.79. The molecular weight excluding hydrogens is 435 g/mol. The highest BCUT2D eigenvalue weighted by Gasteiger charge is 2.20. The van der Waals surface area contributed by atoms with E-state index in [0.29, 0.717) is 16.3 Å². The first kappa shape index (κ1) is 23.5. The Morgan fingerprint density at radius 3 is 1.75 bits per heavy atom. The van der Waals surface area contributed by atoms with Crippen LogP contribution in [0.1, 0.15) is 26.3 Å². The smallest absolute Gasteiger partial charge is 0.340 e. The molecule has 0 bridgehead atoms. The van der Waals surface area contributed by atoms with Crippen molar-refractivity contribution < 1.29 is 24.0 Å². The van der Waals surface area contributed by atoms with Gasteiger partial charge in [0, 0.05) is 17.8 Å². The minimum Gasteiger partial charge on any atom is -0.465 e. The van der Waals surface area contributed by atoms with Crippen molar-refractivity contribution in [3.63, 3.8) is 0 Å². The van der Waals surface area contributed by atoms with Crippen LogP contribution in [0, 0.1) is 17.0 Å². The molecule has 0 atom stereocenters. The lowest BCUT2D eigenvalue weighted by atomic mass is 10.1. The Kier molecular flexibility index (Phi) is 8.49. The number of ether oxygens (including phenoxy) is 2. The highest BCUT2D eigenvalue weighted by atomic mass is 35.5. The second-order valence-electron chi connectivity index (χ2n) is 5.22. The lowest BCUT2D eigenvalue weighted by Crippen LogP contribution is -2.05. The fourth-order valence-electron chi connectivity index (χ4n) is 2.09. The van der Waals surface area contributed by atoms with Gasteiger partial charge in [0.15, 0.2) is 0 Å². The fraction of sp³-hybridized carbons (Fsp3) is 0.176. The van der Waals surface area contributed by atoms with Crippen LogP contribution in [0.15, 0.2) is 24.3 Å². The van der Waals surface area contributed by atoms with Gasteiger partial charge >= 0.3 is 11.9 Å². The highest BCUT2D eigenvalue weighted by Crippen LogP contribution is 2.30. The number of nitrogen functional groups attached to an aromatic ring is 1. The van der Waals surface area contributed by atoms with E-state index in [1.54, 1.807) is 13.0 Å². The summed E-state index contributed by atoms with van der Waals surface area (Å²) in [4.78, 5) is 32.2. The zero-order valence-corrected chi connectivity index (χ0v) is 17.2. The van der Waals surface area contributed by atoms with E-state index in [9.17, 15) is 19.7 Å². The lowest BCUT2D eigenvalue weighted by molar-refractivity contribution is -0.384. The van der Waals surface area contributed by atoms with E-state index in [-0.39, 0.29) is 21.3 Å². The first-order valence-electron chi connectivity index (χ1n) is 7.39. The largest absolute Gasteiger partial charge is 0.465 e. The van der Waals surface area contributed by atoms with E-state index < -0.39 is 16.9 Å². The van der Waals surface area contributed by atoms with Gasteiger partial charge in [0.2, 0.25) is 0 Å². The molecule has 0 aliphatic carbocycles. The Balaban J connectivity index is 0.000000283. The number of nitro groups is 1. The lowest BCUT2D eigenvalue weighted by Gasteiger charge is -2.06. The maximum absolute atomic E-state index is 11.2. The number of anilines is 1. The summed E-state index contributed by atoms with van der Waals surface area (Å²) in [7, 11) is 2.48. The van der Waals surface area contributed by atoms with Gasteiger partial charge in [-0.2, -0.15) is 0 Å². The van der Waals surface area contributed by atoms with Crippen molar-refractivity contribution >= 4 is 58.1 Å². The van der Waals surface area contributed by atoms with Gasteiger partial charge in [-0.15, -0.1) is 0 Å². The Bertz CT molecular complexity index is 887. The number of benzene rings is 2. The van der Waals surface area contributed by atoms with Gasteiger partial charge in [0.25, 0.3) is 5.69 Å². The molecule has 0 saturated heterocycles. The van der Waals surface area contributed by atoms with Crippen molar-refractivity contribution in [3.8, 4) is 0 Å². The molecule has 8 nitrogen and oxygen atoms in total. The molecule has 28 heavy (non-hydrogen) atoms. The van der Waals surface area contributed by atoms with Crippen LogP contribution < -0.4 is 5.73 Å². The predicted molar refractivity (Wildman–Crippen MR) is 106 cm³/mol. The third-order valence-corrected chi connectivity index (χ3v) is 4.22. The van der Waals surface area contributed by atoms with Gasteiger partial charge < -0.3 is 15.2 Å². The molecule has 2 N–H and O–H groups in total. The van der Waals surface area contributed by atoms with Gasteiger partial charge in [0.1, 0.15) is 0 Å². The average Bonchev–Trinajstić information content (AvgIpc) is 2.60. The number of halogens is 3. The number of hydrogen-bond acceptors (Lipinski definition) is 7. The maximum Gasteiger partial charge on any atom is 0.340 e. The molecule has 2 aromatic carbocycles. The van der Waals surface area contributed by atoms with Crippen LogP contribution in [-0.4, -0.2) is 31.1 Å². The number of carbonyl (C=O) groups excluding carboxylic acids is 2. The molecule has 0 fully saturated rings. The molecule has 0 amide bonds. The standard InChI is InChI=1S/C9H10ClNO2.C8H5Cl2NO4/c1-5-3-6(11)4-7(10)8(5)9(12)13-2;1-15-8(12)7-5(9)2-4(11(13)14)3-6(7)10/h3-4H,11H2,1-2H3;2-3H,1H3. The molecule has 11 heteroatoms. The number of aryl methyl sites for hydroxylation is 1. The summed E-state index contributed by atoms with van der Waals surface area (Å²) < 4.78 is 8.99. The van der Waals surface area contributed by atoms with Crippen LogP contribution in [-0.2, 0) is 9.47 Å². The van der Waals surface area contributed by atoms with E-state index in [4.69, 9.17) is 40.5 Å². The van der Waals surface area contributed by atoms with E-state index in [1.165, 1.54) is 13.2 Å². The quantitative estimate of drug-likeness (QED) is 0.312. The van der Waals surface area contributed by atoms with E-state index in [1.807, 2.05) is 0 Å². The summed E-state index contributed by atoms with van der Waals surface area (Å²) in [6.07, 6.45) is 0. The Labute approximate surface area is 175 Å². The Hall–Kier alpha value is -2.55. The molecule has 0 aliphatic rings. The van der Waals surface area contributed by atoms with Crippen LogP contribution in [0.4, 0.5) is 11.4 Å². The summed E-state index contributed by atoms with van der Waals surface area (Å²) in [5.74, 6) is -1.18. The fourth-order valence-corrected chi connectivity index (χ4v) is 3.08. The molecule has 0 unspecified atom stereocenters. The molecular formula is C17H15Cl3N2O6. The summed E-state index contributed by atoms with van der Waals surface area (Å²) in [5.41, 5.74) is 6.81. The maximum atomic E-state index is 11.2. The zero-order chi connectivity index (χ0) is 21.6. The van der Waals surface area contributed by atoms with Crippen molar-refractivity contribution in [2.45, 2.75) is 6.92 Å². The molecule has 0 aromatic heterocycles. The third kappa shape index (κ3) is 5.72. The van der Waals surface area contributed by atoms with E-state index >= 15 is 0 Å². The van der Waals surface area contributed by atoms with Gasteiger partial charge in [-0.1, -0.05) is 34.8 Å². The number of esters is 2. The van der Waals surface area contributed by atoms with Crippen LogP contribution in [0.2, 0.25) is 15.1 Å². The minimum atomic E-state index is -0.736. The summed E-state index contributed by atoms with van der Waals surface area (Å²) in [6, 6.07) is 5.29. The van der Waals surface area contributed by atoms with E-state index in [0.717, 1.165) is 24.8 Å². The number of methoxy groups -OCH3 is 2. The van der Waals surface area contributed by atoms with Crippen molar-refractivity contribution in [1.82, 2.24) is 0 Å². The zero-order valence-electron chi connectivity index (χ0n) is 14.9. The molecule has 0 radical (unpaired) electrons. The number of hydrogen-bond donors (Lipinski definition) is 1. The monoisotopic (exact) mass is 448 g/mol. The molecule has 0 aliphatic heterocycles. The number of rotatable bonds is 3. The molecule has 0 spiro atoms. The molecule has 0 heterocycles. The Morgan fingerprint density at radius 2 is 1.36 bits per heavy atom. The van der Waals surface area contributed by atoms with Gasteiger partial charge in [-0.05, 0) is 24.6 Å². The van der Waals surface area contributed by atoms with Crippen molar-refractivity contribution in [2.24, 2.45) is 0 Å². The number of nitrogens with zero attached hydrogens (tertiary/aromatic N) is 1. The number of carbonyl (C=O) groups is 2. The second kappa shape index (κ2) is 10.1. The second-order valence-corrected chi connectivity index (χ2v) is 6.44. The first-order valence-corrected chi connectivity index (χ1v) is 8.52. The topological polar surface area (TPSA) is 122 Å². The summed E-state index contributed by atoms with van der Waals surface area (Å²) >= 11 is 17.2. The van der Waals surface area contributed by atoms with Crippen molar-refractivity contribution in [1.29, 1.82) is 0 Å². The Morgan fingerprint density at radius 1 is 0.929 bits per heavy atom. The van der Waals surface area contributed by atoms with Gasteiger partial charge in [-0.25, -0.2) is 9.59 Å². The van der Waals surface area contributed by atoms with Crippen LogP contribution in [0.3, 0.4) is 0 Å². The third-order valence-electron chi connectivity index (χ3n) is 3.33. The van der Waals surface area contributed by atoms with Gasteiger partial charge in [-0.3, -0.25) is 10.1 Å². The van der Waals surface area contributed by atoms with Crippen LogP contribution in [0.5, 0.6) is 0 Å². The molecule has 0 saturated carbocycles. The summed E-state index contributed by atoms with van der Waals surface area (Å²) in [6.45, 7) is 1.76. The molecule has 2 rings (SSSR count). The average molecular weight is 450 g/mol. The van der Waals surface area contributed by atoms with Crippen LogP contribution in [0.25, 0.3) is 0 Å². The van der Waals surface area contributed by atoms with Gasteiger partial charge in [0.05, 0.1) is 45.3 Å². The number of nitro benzene ring substituents is 1. The minimum absolute atomic E-state index is 0.0774. The number of nitrogens with two attached hydrogens (primary N) is 1. The van der Waals surface area contributed by atoms with Crippen LogP contribution >= 0.6 is 34.8 Å². The molecule has 2 aromatic rings. The van der Waals surface area contributed by atoms with E-state index in [2.05, 4.69) is 9.47 Å². The van der Waals surface area contributed by atoms with Crippen molar-refractivity contribution in [3.05, 3.63) is 66.1 Å². The highest BCUT2D eigenvalue weighted by molar-refractivity contribution is 6.39. The predicted octanol–water partition coefficient (Wildman–Crippen LogP) is 4.71. The first-order chi connectivity index (χ1) is 13.0.